The van der Waals surface area contributed by atoms with Crippen LogP contribution in [0.25, 0.3) is 10.9 Å². The number of pyridine rings is 1. The van der Waals surface area contributed by atoms with Gasteiger partial charge in [-0.25, -0.2) is 9.87 Å². The summed E-state index contributed by atoms with van der Waals surface area (Å²) in [4.78, 5) is 20.4. The van der Waals surface area contributed by atoms with Crippen LogP contribution >= 0.6 is 0 Å². The van der Waals surface area contributed by atoms with Gasteiger partial charge in [0.15, 0.2) is 0 Å². The Morgan fingerprint density at radius 3 is 2.88 bits per heavy atom. The van der Waals surface area contributed by atoms with Crippen molar-refractivity contribution in [2.75, 3.05) is 7.11 Å². The van der Waals surface area contributed by atoms with E-state index in [9.17, 15) is 9.18 Å². The highest BCUT2D eigenvalue weighted by atomic mass is 19.1. The van der Waals surface area contributed by atoms with Crippen LogP contribution in [0.15, 0.2) is 24.3 Å². The molecule has 1 aromatic carbocycles. The zero-order valence-corrected chi connectivity index (χ0v) is 9.45. The second-order valence-electron chi connectivity index (χ2n) is 3.59. The molecule has 1 N–H and O–H groups in total. The van der Waals surface area contributed by atoms with Crippen molar-refractivity contribution in [3.63, 3.8) is 0 Å². The molecule has 0 unspecified atom stereocenters. The first kappa shape index (κ1) is 11.5. The minimum atomic E-state index is -0.372. The molecule has 0 saturated carbocycles. The fourth-order valence-electron chi connectivity index (χ4n) is 1.61. The quantitative estimate of drug-likeness (QED) is 0.808. The third kappa shape index (κ3) is 2.24. The van der Waals surface area contributed by atoms with Crippen LogP contribution in [0.2, 0.25) is 0 Å². The van der Waals surface area contributed by atoms with E-state index in [-0.39, 0.29) is 11.7 Å². The first-order valence-corrected chi connectivity index (χ1v) is 5.02. The number of nitrogens with one attached hydrogen (secondary N) is 1. The summed E-state index contributed by atoms with van der Waals surface area (Å²) in [5, 5.41) is 0.707. The van der Waals surface area contributed by atoms with Crippen molar-refractivity contribution in [2.24, 2.45) is 0 Å². The van der Waals surface area contributed by atoms with Crippen LogP contribution in [0, 0.1) is 12.7 Å². The minimum absolute atomic E-state index is 0.349. The van der Waals surface area contributed by atoms with Crippen LogP contribution in [-0.2, 0) is 4.84 Å². The van der Waals surface area contributed by atoms with Crippen LogP contribution in [0.1, 0.15) is 16.1 Å². The number of hydroxylamine groups is 1. The van der Waals surface area contributed by atoms with Gasteiger partial charge in [-0.15, -0.1) is 0 Å². The Morgan fingerprint density at radius 1 is 1.41 bits per heavy atom. The predicted molar refractivity (Wildman–Crippen MR) is 60.9 cm³/mol. The second kappa shape index (κ2) is 4.47. The number of rotatable bonds is 2. The molecule has 5 heteroatoms. The molecule has 0 aliphatic carbocycles. The summed E-state index contributed by atoms with van der Waals surface area (Å²) >= 11 is 0. The molecule has 0 fully saturated rings. The van der Waals surface area contributed by atoms with Gasteiger partial charge in [0, 0.05) is 11.5 Å². The van der Waals surface area contributed by atoms with Crippen molar-refractivity contribution >= 4 is 16.8 Å². The maximum absolute atomic E-state index is 13.0. The number of carbonyl (C=O) groups excluding carboxylic acids is 1. The molecule has 4 nitrogen and oxygen atoms in total. The number of amides is 1. The summed E-state index contributed by atoms with van der Waals surface area (Å²) in [6.45, 7) is 1.69. The summed E-state index contributed by atoms with van der Waals surface area (Å²) in [6.07, 6.45) is 0. The monoisotopic (exact) mass is 234 g/mol. The first-order chi connectivity index (χ1) is 8.11. The number of hydrogen-bond acceptors (Lipinski definition) is 3. The SMILES string of the molecule is CONC(=O)c1cc2ccc(F)cc2nc1C. The van der Waals surface area contributed by atoms with Crippen LogP contribution in [-0.4, -0.2) is 18.0 Å². The Labute approximate surface area is 97.4 Å². The highest BCUT2D eigenvalue weighted by Gasteiger charge is 2.11. The van der Waals surface area contributed by atoms with Crippen LogP contribution in [0.4, 0.5) is 4.39 Å². The number of nitrogens with zero attached hydrogens (tertiary/aromatic N) is 1. The number of benzene rings is 1. The lowest BCUT2D eigenvalue weighted by atomic mass is 10.1. The lowest BCUT2D eigenvalue weighted by Crippen LogP contribution is -2.23. The number of aryl methyl sites for hydroxylation is 1. The Morgan fingerprint density at radius 2 is 2.18 bits per heavy atom. The summed E-state index contributed by atoms with van der Waals surface area (Å²) < 4.78 is 13.0. The highest BCUT2D eigenvalue weighted by Crippen LogP contribution is 2.17. The summed E-state index contributed by atoms with van der Waals surface area (Å²) in [6, 6.07) is 5.91. The van der Waals surface area contributed by atoms with Crippen molar-refractivity contribution in [3.05, 3.63) is 41.3 Å². The van der Waals surface area contributed by atoms with Crippen LogP contribution < -0.4 is 5.48 Å². The van der Waals surface area contributed by atoms with E-state index in [0.29, 0.717) is 22.2 Å². The zero-order chi connectivity index (χ0) is 12.4. The molecule has 1 aromatic heterocycles. The molecule has 2 rings (SSSR count). The molecule has 0 atom stereocenters. The summed E-state index contributed by atoms with van der Waals surface area (Å²) in [5.74, 6) is -0.720. The molecule has 0 aliphatic rings. The standard InChI is InChI=1S/C12H11FN2O2/c1-7-10(12(16)15-17-2)5-8-3-4-9(13)6-11(8)14-7/h3-6H,1-2H3,(H,15,16). The maximum atomic E-state index is 13.0. The Bertz CT molecular complexity index is 584. The largest absolute Gasteiger partial charge is 0.277 e. The third-order valence-electron chi connectivity index (χ3n) is 2.41. The number of aromatic nitrogens is 1. The van der Waals surface area contributed by atoms with Gasteiger partial charge in [-0.2, -0.15) is 0 Å². The molecule has 0 spiro atoms. The van der Waals surface area contributed by atoms with Gasteiger partial charge in [0.2, 0.25) is 0 Å². The third-order valence-corrected chi connectivity index (χ3v) is 2.41. The molecule has 1 amide bonds. The van der Waals surface area contributed by atoms with Gasteiger partial charge in [-0.3, -0.25) is 14.6 Å². The molecule has 17 heavy (non-hydrogen) atoms. The van der Waals surface area contributed by atoms with Gasteiger partial charge in [-0.1, -0.05) is 0 Å². The molecular formula is C12H11FN2O2. The lowest BCUT2D eigenvalue weighted by Gasteiger charge is -2.07. The Hall–Kier alpha value is -2.01. The van der Waals surface area contributed by atoms with Crippen molar-refractivity contribution in [2.45, 2.75) is 6.92 Å². The van der Waals surface area contributed by atoms with Gasteiger partial charge < -0.3 is 0 Å². The van der Waals surface area contributed by atoms with E-state index in [2.05, 4.69) is 15.3 Å². The van der Waals surface area contributed by atoms with Gasteiger partial charge in [0.05, 0.1) is 23.9 Å². The van der Waals surface area contributed by atoms with Gasteiger partial charge in [0.25, 0.3) is 5.91 Å². The molecule has 0 bridgehead atoms. The fraction of sp³-hybridized carbons (Fsp3) is 0.167. The van der Waals surface area contributed by atoms with E-state index < -0.39 is 0 Å². The van der Waals surface area contributed by atoms with Crippen molar-refractivity contribution < 1.29 is 14.0 Å². The Balaban J connectivity index is 2.55. The second-order valence-corrected chi connectivity index (χ2v) is 3.59. The average Bonchev–Trinajstić information content (AvgIpc) is 2.28. The molecular weight excluding hydrogens is 223 g/mol. The van der Waals surface area contributed by atoms with Crippen LogP contribution in [0.5, 0.6) is 0 Å². The zero-order valence-electron chi connectivity index (χ0n) is 9.45. The van der Waals surface area contributed by atoms with Gasteiger partial charge in [-0.05, 0) is 25.1 Å². The number of fused-ring (bicyclic) bond motifs is 1. The topological polar surface area (TPSA) is 51.2 Å². The maximum Gasteiger partial charge on any atom is 0.276 e. The highest BCUT2D eigenvalue weighted by molar-refractivity contribution is 5.98. The summed E-state index contributed by atoms with van der Waals surface area (Å²) in [5.41, 5.74) is 3.68. The van der Waals surface area contributed by atoms with E-state index >= 15 is 0 Å². The summed E-state index contributed by atoms with van der Waals surface area (Å²) in [7, 11) is 1.36. The first-order valence-electron chi connectivity index (χ1n) is 5.02. The molecule has 0 aliphatic heterocycles. The molecule has 0 radical (unpaired) electrons. The van der Waals surface area contributed by atoms with Crippen molar-refractivity contribution in [1.82, 2.24) is 10.5 Å². The van der Waals surface area contributed by atoms with Crippen molar-refractivity contribution in [3.8, 4) is 0 Å². The lowest BCUT2D eigenvalue weighted by molar-refractivity contribution is 0.0536. The smallest absolute Gasteiger partial charge is 0.276 e. The average molecular weight is 234 g/mol. The van der Waals surface area contributed by atoms with Gasteiger partial charge in [0.1, 0.15) is 5.82 Å². The van der Waals surface area contributed by atoms with E-state index in [1.165, 1.54) is 19.2 Å². The minimum Gasteiger partial charge on any atom is -0.277 e. The van der Waals surface area contributed by atoms with Gasteiger partial charge >= 0.3 is 0 Å². The van der Waals surface area contributed by atoms with Crippen molar-refractivity contribution in [1.29, 1.82) is 0 Å². The number of hydrogen-bond donors (Lipinski definition) is 1. The molecule has 88 valence electrons. The molecule has 2 aromatic rings. The van der Waals surface area contributed by atoms with E-state index in [1.807, 2.05) is 0 Å². The molecule has 1 heterocycles. The van der Waals surface area contributed by atoms with E-state index in [0.717, 1.165) is 0 Å². The predicted octanol–water partition coefficient (Wildman–Crippen LogP) is 1.97. The van der Waals surface area contributed by atoms with E-state index in [4.69, 9.17) is 0 Å². The number of halogens is 1. The van der Waals surface area contributed by atoms with Crippen LogP contribution in [0.3, 0.4) is 0 Å². The normalized spacial score (nSPS) is 10.5. The van der Waals surface area contributed by atoms with E-state index in [1.54, 1.807) is 19.1 Å². The number of carbonyl (C=O) groups is 1. The fourth-order valence-corrected chi connectivity index (χ4v) is 1.61. The molecule has 0 saturated heterocycles. The Kier molecular flexibility index (Phi) is 3.01.